The van der Waals surface area contributed by atoms with Gasteiger partial charge < -0.3 is 19.2 Å². The van der Waals surface area contributed by atoms with Gasteiger partial charge >= 0.3 is 11.9 Å². The molecule has 1 aromatic carbocycles. The number of aromatic nitrogens is 1. The molecule has 0 radical (unpaired) electrons. The van der Waals surface area contributed by atoms with Crippen molar-refractivity contribution in [2.45, 2.75) is 51.5 Å². The zero-order chi connectivity index (χ0) is 22.5. The Hall–Kier alpha value is -2.93. The maximum Gasteiger partial charge on any atom is 0.331 e. The second kappa shape index (κ2) is 6.35. The van der Waals surface area contributed by atoms with Gasteiger partial charge in [0.1, 0.15) is 11.5 Å². The number of hydrogen-bond acceptors (Lipinski definition) is 6. The molecule has 1 saturated carbocycles. The van der Waals surface area contributed by atoms with Crippen molar-refractivity contribution < 1.29 is 23.8 Å². The SMILES string of the molecule is CC1(C)C[C@@H]2OC(=O)[C@H](Cc3c[nH]c4ccccc34)N=C2[C@@]23C(=O)OC4OCC(=CC[C@@H]12)[C@H]43. The van der Waals surface area contributed by atoms with Gasteiger partial charge in [0.05, 0.1) is 18.2 Å². The van der Waals surface area contributed by atoms with Gasteiger partial charge in [0.25, 0.3) is 0 Å². The van der Waals surface area contributed by atoms with Crippen LogP contribution in [0.25, 0.3) is 10.9 Å². The lowest BCUT2D eigenvalue weighted by Crippen LogP contribution is -2.64. The Bertz CT molecular complexity index is 1270. The number of ether oxygens (including phenoxy) is 3. The summed E-state index contributed by atoms with van der Waals surface area (Å²) in [7, 11) is 0. The van der Waals surface area contributed by atoms with Crippen LogP contribution in [0.1, 0.15) is 32.3 Å². The van der Waals surface area contributed by atoms with Crippen LogP contribution in [0.15, 0.2) is 47.1 Å². The molecule has 4 heterocycles. The van der Waals surface area contributed by atoms with Crippen molar-refractivity contribution in [3.8, 4) is 0 Å². The van der Waals surface area contributed by atoms with Crippen molar-refractivity contribution in [1.29, 1.82) is 0 Å². The van der Waals surface area contributed by atoms with Gasteiger partial charge in [0.15, 0.2) is 6.04 Å². The molecule has 7 heteroatoms. The summed E-state index contributed by atoms with van der Waals surface area (Å²) in [4.78, 5) is 35.0. The van der Waals surface area contributed by atoms with Gasteiger partial charge in [-0.1, -0.05) is 38.1 Å². The molecule has 2 saturated heterocycles. The van der Waals surface area contributed by atoms with E-state index >= 15 is 0 Å². The fraction of sp³-hybridized carbons (Fsp3) is 0.500. The van der Waals surface area contributed by atoms with Crippen molar-refractivity contribution in [3.63, 3.8) is 0 Å². The number of nitrogens with one attached hydrogen (secondary N) is 1. The molecule has 3 aliphatic heterocycles. The fourth-order valence-corrected chi connectivity index (χ4v) is 7.20. The zero-order valence-electron chi connectivity index (χ0n) is 18.7. The Kier molecular flexibility index (Phi) is 3.76. The lowest BCUT2D eigenvalue weighted by atomic mass is 9.47. The summed E-state index contributed by atoms with van der Waals surface area (Å²) in [5.41, 5.74) is 2.72. The number of carbonyl (C=O) groups excluding carboxylic acids is 2. The molecule has 7 rings (SSSR count). The molecule has 6 atom stereocenters. The van der Waals surface area contributed by atoms with E-state index in [-0.39, 0.29) is 29.2 Å². The number of hydrogen-bond donors (Lipinski definition) is 1. The first kappa shape index (κ1) is 19.5. The molecule has 2 aliphatic carbocycles. The first-order valence-corrected chi connectivity index (χ1v) is 11.7. The van der Waals surface area contributed by atoms with Gasteiger partial charge in [-0.15, -0.1) is 0 Å². The molecular formula is C26H26N2O5. The molecule has 2 aromatic rings. The van der Waals surface area contributed by atoms with E-state index in [1.54, 1.807) is 0 Å². The van der Waals surface area contributed by atoms with Crippen LogP contribution in [-0.4, -0.2) is 47.7 Å². The highest BCUT2D eigenvalue weighted by molar-refractivity contribution is 6.14. The van der Waals surface area contributed by atoms with Crippen LogP contribution in [0.5, 0.6) is 0 Å². The van der Waals surface area contributed by atoms with E-state index in [2.05, 4.69) is 24.9 Å². The van der Waals surface area contributed by atoms with Gasteiger partial charge in [-0.3, -0.25) is 9.79 Å². The van der Waals surface area contributed by atoms with Crippen molar-refractivity contribution in [2.75, 3.05) is 6.61 Å². The minimum atomic E-state index is -0.920. The average molecular weight is 447 g/mol. The molecule has 0 bridgehead atoms. The minimum absolute atomic E-state index is 0.0264. The van der Waals surface area contributed by atoms with Gasteiger partial charge in [0.2, 0.25) is 6.29 Å². The summed E-state index contributed by atoms with van der Waals surface area (Å²) in [5.74, 6) is -0.751. The first-order chi connectivity index (χ1) is 15.9. The number of allylic oxidation sites excluding steroid dienone is 1. The summed E-state index contributed by atoms with van der Waals surface area (Å²) >= 11 is 0. The van der Waals surface area contributed by atoms with Crippen LogP contribution in [0, 0.1) is 22.7 Å². The number of para-hydroxylation sites is 1. The largest absolute Gasteiger partial charge is 0.455 e. The smallest absolute Gasteiger partial charge is 0.331 e. The first-order valence-electron chi connectivity index (χ1n) is 11.7. The Morgan fingerprint density at radius 3 is 2.91 bits per heavy atom. The van der Waals surface area contributed by atoms with E-state index in [1.807, 2.05) is 30.5 Å². The van der Waals surface area contributed by atoms with Crippen molar-refractivity contribution in [3.05, 3.63) is 47.7 Å². The Morgan fingerprint density at radius 2 is 2.03 bits per heavy atom. The molecule has 170 valence electrons. The second-order valence-electron chi connectivity index (χ2n) is 10.7. The number of fused-ring (bicyclic) bond motifs is 2. The fourth-order valence-electron chi connectivity index (χ4n) is 7.20. The highest BCUT2D eigenvalue weighted by Gasteiger charge is 2.74. The van der Waals surface area contributed by atoms with Crippen molar-refractivity contribution >= 4 is 28.6 Å². The van der Waals surface area contributed by atoms with Crippen molar-refractivity contribution in [1.82, 2.24) is 4.98 Å². The summed E-state index contributed by atoms with van der Waals surface area (Å²) in [6.45, 7) is 4.81. The van der Waals surface area contributed by atoms with Crippen LogP contribution in [0.4, 0.5) is 0 Å². The molecule has 1 aromatic heterocycles. The van der Waals surface area contributed by atoms with Crippen molar-refractivity contribution in [2.24, 2.45) is 27.7 Å². The Morgan fingerprint density at radius 1 is 1.18 bits per heavy atom. The molecule has 5 aliphatic rings. The third kappa shape index (κ3) is 2.41. The molecule has 1 N–H and O–H groups in total. The molecule has 1 spiro atoms. The summed E-state index contributed by atoms with van der Waals surface area (Å²) in [6.07, 6.45) is 4.93. The van der Waals surface area contributed by atoms with E-state index in [1.165, 1.54) is 0 Å². The molecular weight excluding hydrogens is 420 g/mol. The van der Waals surface area contributed by atoms with Crippen LogP contribution < -0.4 is 0 Å². The maximum atomic E-state index is 13.6. The van der Waals surface area contributed by atoms with E-state index in [0.717, 1.165) is 28.5 Å². The lowest BCUT2D eigenvalue weighted by molar-refractivity contribution is -0.166. The predicted molar refractivity (Wildman–Crippen MR) is 119 cm³/mol. The minimum Gasteiger partial charge on any atom is -0.455 e. The summed E-state index contributed by atoms with van der Waals surface area (Å²) < 4.78 is 17.7. The number of nitrogens with zero attached hydrogens (tertiary/aromatic N) is 1. The average Bonchev–Trinajstić information content (AvgIpc) is 3.46. The topological polar surface area (TPSA) is 90.0 Å². The van der Waals surface area contributed by atoms with Gasteiger partial charge in [0, 0.05) is 23.5 Å². The summed E-state index contributed by atoms with van der Waals surface area (Å²) in [5, 5.41) is 1.07. The molecule has 7 nitrogen and oxygen atoms in total. The second-order valence-corrected chi connectivity index (χ2v) is 10.7. The quantitative estimate of drug-likeness (QED) is 0.565. The van der Waals surface area contributed by atoms with Gasteiger partial charge in [-0.25, -0.2) is 4.79 Å². The molecule has 1 unspecified atom stereocenters. The van der Waals surface area contributed by atoms with Crippen LogP contribution in [0.3, 0.4) is 0 Å². The van der Waals surface area contributed by atoms with E-state index in [4.69, 9.17) is 19.2 Å². The summed E-state index contributed by atoms with van der Waals surface area (Å²) in [6, 6.07) is 7.33. The third-order valence-corrected chi connectivity index (χ3v) is 8.60. The van der Waals surface area contributed by atoms with Crippen LogP contribution in [0.2, 0.25) is 0 Å². The number of aromatic amines is 1. The highest BCUT2D eigenvalue weighted by atomic mass is 16.7. The number of aliphatic imine (C=N–C) groups is 1. The lowest BCUT2D eigenvalue weighted by Gasteiger charge is -2.55. The van der Waals surface area contributed by atoms with Gasteiger partial charge in [-0.2, -0.15) is 0 Å². The van der Waals surface area contributed by atoms with Gasteiger partial charge in [-0.05, 0) is 41.4 Å². The highest BCUT2D eigenvalue weighted by Crippen LogP contribution is 2.65. The van der Waals surface area contributed by atoms with Crippen LogP contribution in [-0.2, 0) is 30.2 Å². The van der Waals surface area contributed by atoms with E-state index in [9.17, 15) is 9.59 Å². The number of esters is 2. The number of carbonyl (C=O) groups is 2. The molecule has 3 fully saturated rings. The van der Waals surface area contributed by atoms with E-state index in [0.29, 0.717) is 25.2 Å². The number of benzene rings is 1. The normalized spacial score (nSPS) is 38.1. The Labute approximate surface area is 191 Å². The monoisotopic (exact) mass is 446 g/mol. The predicted octanol–water partition coefficient (Wildman–Crippen LogP) is 3.34. The van der Waals surface area contributed by atoms with Crippen LogP contribution >= 0.6 is 0 Å². The Balaban J connectivity index is 1.37. The van der Waals surface area contributed by atoms with E-state index < -0.39 is 23.9 Å². The third-order valence-electron chi connectivity index (χ3n) is 8.60. The standard InChI is InChI=1S/C26H26N2O5/c1-25(2)10-18-21(26-19(25)8-7-13-12-31-23(20(13)26)33-24(26)30)28-17(22(29)32-18)9-14-11-27-16-6-4-3-5-15(14)16/h3-7,11,17-20,23,27H,8-10,12H2,1-2H3/t17-,18-,19-,20+,23?,26+/m0/s1. The maximum absolute atomic E-state index is 13.6. The zero-order valence-corrected chi connectivity index (χ0v) is 18.7. The number of rotatable bonds is 2. The molecule has 0 amide bonds. The number of H-pyrrole nitrogens is 1. The molecule has 33 heavy (non-hydrogen) atoms.